The highest BCUT2D eigenvalue weighted by Crippen LogP contribution is 2.17. The molecule has 1 N–H and O–H groups in total. The van der Waals surface area contributed by atoms with Gasteiger partial charge in [-0.2, -0.15) is 5.10 Å². The summed E-state index contributed by atoms with van der Waals surface area (Å²) < 4.78 is 0. The molecule has 5 nitrogen and oxygen atoms in total. The van der Waals surface area contributed by atoms with Crippen molar-refractivity contribution in [2.24, 2.45) is 0 Å². The fourth-order valence-electron chi connectivity index (χ4n) is 1.85. The van der Waals surface area contributed by atoms with Gasteiger partial charge in [-0.25, -0.2) is 9.97 Å². The zero-order chi connectivity index (χ0) is 11.5. The van der Waals surface area contributed by atoms with Crippen LogP contribution in [0.2, 0.25) is 0 Å². The predicted octanol–water partition coefficient (Wildman–Crippen LogP) is 1.50. The number of aryl methyl sites for hydroxylation is 1. The summed E-state index contributed by atoms with van der Waals surface area (Å²) >= 11 is 0. The first-order chi connectivity index (χ1) is 7.76. The first-order valence-electron chi connectivity index (χ1n) is 5.63. The highest BCUT2D eigenvalue weighted by Gasteiger charge is 2.12. The highest BCUT2D eigenvalue weighted by atomic mass is 15.2. The summed E-state index contributed by atoms with van der Waals surface area (Å²) in [7, 11) is 0. The van der Waals surface area contributed by atoms with E-state index in [9.17, 15) is 0 Å². The lowest BCUT2D eigenvalue weighted by molar-refractivity contribution is 0.293. The molecule has 0 aliphatic rings. The molecule has 16 heavy (non-hydrogen) atoms. The number of H-pyrrole nitrogens is 1. The van der Waals surface area contributed by atoms with Gasteiger partial charge in [0, 0.05) is 6.54 Å². The van der Waals surface area contributed by atoms with Crippen molar-refractivity contribution >= 4 is 11.0 Å². The highest BCUT2D eigenvalue weighted by molar-refractivity contribution is 5.79. The van der Waals surface area contributed by atoms with E-state index in [1.807, 2.05) is 6.92 Å². The van der Waals surface area contributed by atoms with Gasteiger partial charge in [0.25, 0.3) is 0 Å². The van der Waals surface area contributed by atoms with Crippen molar-refractivity contribution < 1.29 is 0 Å². The molecule has 0 fully saturated rings. The van der Waals surface area contributed by atoms with E-state index >= 15 is 0 Å². The van der Waals surface area contributed by atoms with Crippen LogP contribution in [0, 0.1) is 6.92 Å². The summed E-state index contributed by atoms with van der Waals surface area (Å²) in [6.45, 7) is 9.20. The molecule has 2 heterocycles. The topological polar surface area (TPSA) is 57.7 Å². The normalized spacial score (nSPS) is 11.5. The van der Waals surface area contributed by atoms with Gasteiger partial charge in [-0.1, -0.05) is 13.8 Å². The molecular weight excluding hydrogens is 202 g/mol. The Morgan fingerprint density at radius 2 is 2.00 bits per heavy atom. The van der Waals surface area contributed by atoms with Crippen LogP contribution in [-0.4, -0.2) is 38.2 Å². The van der Waals surface area contributed by atoms with Crippen LogP contribution in [0.5, 0.6) is 0 Å². The molecule has 0 unspecified atom stereocenters. The third kappa shape index (κ3) is 1.90. The van der Waals surface area contributed by atoms with Crippen LogP contribution in [0.15, 0.2) is 6.33 Å². The van der Waals surface area contributed by atoms with E-state index in [4.69, 9.17) is 0 Å². The second-order valence-corrected chi connectivity index (χ2v) is 3.81. The lowest BCUT2D eigenvalue weighted by Crippen LogP contribution is -2.22. The zero-order valence-corrected chi connectivity index (χ0v) is 9.99. The molecule has 0 spiro atoms. The van der Waals surface area contributed by atoms with Crippen LogP contribution in [0.3, 0.4) is 0 Å². The van der Waals surface area contributed by atoms with Crippen LogP contribution in [-0.2, 0) is 6.54 Å². The Labute approximate surface area is 94.9 Å². The van der Waals surface area contributed by atoms with Crippen molar-refractivity contribution in [2.45, 2.75) is 27.3 Å². The molecule has 0 aliphatic carbocycles. The molecular formula is C11H17N5. The molecule has 2 aromatic heterocycles. The van der Waals surface area contributed by atoms with Crippen LogP contribution in [0.4, 0.5) is 0 Å². The maximum absolute atomic E-state index is 4.32. The molecule has 5 heteroatoms. The smallest absolute Gasteiger partial charge is 0.159 e. The van der Waals surface area contributed by atoms with Crippen molar-refractivity contribution in [3.8, 4) is 0 Å². The molecule has 2 rings (SSSR count). The summed E-state index contributed by atoms with van der Waals surface area (Å²) in [5, 5.41) is 8.34. The van der Waals surface area contributed by atoms with E-state index in [1.54, 1.807) is 6.33 Å². The Kier molecular flexibility index (Phi) is 3.14. The minimum atomic E-state index is 0.828. The molecule has 0 saturated heterocycles. The maximum Gasteiger partial charge on any atom is 0.159 e. The average molecular weight is 219 g/mol. The molecule has 0 radical (unpaired) electrons. The lowest BCUT2D eigenvalue weighted by atomic mass is 10.2. The number of fused-ring (bicyclic) bond motifs is 1. The minimum absolute atomic E-state index is 0.828. The summed E-state index contributed by atoms with van der Waals surface area (Å²) in [5.41, 5.74) is 2.85. The largest absolute Gasteiger partial charge is 0.298 e. The summed E-state index contributed by atoms with van der Waals surface area (Å²) in [4.78, 5) is 10.7. The third-order valence-corrected chi connectivity index (χ3v) is 2.89. The van der Waals surface area contributed by atoms with E-state index in [-0.39, 0.29) is 0 Å². The van der Waals surface area contributed by atoms with Gasteiger partial charge in [-0.15, -0.1) is 0 Å². The number of hydrogen-bond acceptors (Lipinski definition) is 4. The van der Waals surface area contributed by atoms with E-state index in [0.29, 0.717) is 0 Å². The lowest BCUT2D eigenvalue weighted by Gasteiger charge is -2.16. The number of hydrogen-bond donors (Lipinski definition) is 1. The summed E-state index contributed by atoms with van der Waals surface area (Å²) in [6.07, 6.45) is 1.57. The summed E-state index contributed by atoms with van der Waals surface area (Å²) in [6, 6.07) is 0. The Morgan fingerprint density at radius 3 is 2.69 bits per heavy atom. The Balaban J connectivity index is 2.37. The molecule has 2 aromatic rings. The van der Waals surface area contributed by atoms with Crippen LogP contribution in [0.25, 0.3) is 11.0 Å². The fraction of sp³-hybridized carbons (Fsp3) is 0.545. The van der Waals surface area contributed by atoms with Gasteiger partial charge in [0.2, 0.25) is 0 Å². The number of aromatic amines is 1. The quantitative estimate of drug-likeness (QED) is 0.846. The first-order valence-corrected chi connectivity index (χ1v) is 5.63. The maximum atomic E-state index is 4.32. The summed E-state index contributed by atoms with van der Waals surface area (Å²) in [5.74, 6) is 0. The molecule has 0 atom stereocenters. The monoisotopic (exact) mass is 219 g/mol. The van der Waals surface area contributed by atoms with Crippen molar-refractivity contribution in [3.63, 3.8) is 0 Å². The van der Waals surface area contributed by atoms with Crippen LogP contribution in [0.1, 0.15) is 25.2 Å². The van der Waals surface area contributed by atoms with E-state index in [0.717, 1.165) is 42.1 Å². The van der Waals surface area contributed by atoms with Gasteiger partial charge in [0.1, 0.15) is 6.33 Å². The number of nitrogens with one attached hydrogen (secondary N) is 1. The minimum Gasteiger partial charge on any atom is -0.298 e. The van der Waals surface area contributed by atoms with Gasteiger partial charge in [-0.05, 0) is 20.0 Å². The van der Waals surface area contributed by atoms with Gasteiger partial charge in [-0.3, -0.25) is 10.00 Å². The molecule has 0 aromatic carbocycles. The second kappa shape index (κ2) is 4.57. The molecule has 0 aliphatic heterocycles. The van der Waals surface area contributed by atoms with Gasteiger partial charge in [0.05, 0.1) is 16.8 Å². The van der Waals surface area contributed by atoms with Crippen LogP contribution >= 0.6 is 0 Å². The molecule has 0 amide bonds. The Hall–Kier alpha value is -1.49. The average Bonchev–Trinajstić information content (AvgIpc) is 2.70. The number of nitrogens with zero attached hydrogens (tertiary/aromatic N) is 4. The molecule has 0 bridgehead atoms. The molecule has 0 saturated carbocycles. The number of rotatable bonds is 4. The Bertz CT molecular complexity index is 472. The Morgan fingerprint density at radius 1 is 1.25 bits per heavy atom. The standard InChI is InChI=1S/C11H17N5/c1-4-16(5-2)6-9-10-8(3)12-7-13-11(10)15-14-9/h7H,4-6H2,1-3H3,(H,12,13,14,15). The van der Waals surface area contributed by atoms with E-state index in [1.165, 1.54) is 0 Å². The second-order valence-electron chi connectivity index (χ2n) is 3.81. The van der Waals surface area contributed by atoms with Crippen molar-refractivity contribution in [3.05, 3.63) is 17.7 Å². The molecule has 86 valence electrons. The van der Waals surface area contributed by atoms with E-state index < -0.39 is 0 Å². The predicted molar refractivity (Wildman–Crippen MR) is 63.0 cm³/mol. The van der Waals surface area contributed by atoms with Crippen molar-refractivity contribution in [2.75, 3.05) is 13.1 Å². The van der Waals surface area contributed by atoms with Crippen molar-refractivity contribution in [1.29, 1.82) is 0 Å². The van der Waals surface area contributed by atoms with Crippen LogP contribution < -0.4 is 0 Å². The SMILES string of the molecule is CCN(CC)Cc1n[nH]c2ncnc(C)c12. The zero-order valence-electron chi connectivity index (χ0n) is 9.99. The van der Waals surface area contributed by atoms with E-state index in [2.05, 4.69) is 38.9 Å². The van der Waals surface area contributed by atoms with Crippen molar-refractivity contribution in [1.82, 2.24) is 25.1 Å². The number of aromatic nitrogens is 4. The third-order valence-electron chi connectivity index (χ3n) is 2.89. The van der Waals surface area contributed by atoms with Gasteiger partial charge in [0.15, 0.2) is 5.65 Å². The first kappa shape index (κ1) is 11.0. The fourth-order valence-corrected chi connectivity index (χ4v) is 1.85. The van der Waals surface area contributed by atoms with Gasteiger partial charge < -0.3 is 0 Å². The van der Waals surface area contributed by atoms with Gasteiger partial charge >= 0.3 is 0 Å².